The minimum atomic E-state index is -0.412. The van der Waals surface area contributed by atoms with Gasteiger partial charge in [0.15, 0.2) is 0 Å². The lowest BCUT2D eigenvalue weighted by molar-refractivity contribution is 0.659. The van der Waals surface area contributed by atoms with E-state index >= 15 is 0 Å². The largest absolute Gasteiger partial charge is 0.204 e. The molecule has 0 saturated heterocycles. The summed E-state index contributed by atoms with van der Waals surface area (Å²) >= 11 is 11.0. The van der Waals surface area contributed by atoms with Crippen LogP contribution in [-0.2, 0) is 0 Å². The Hall–Kier alpha value is -0.280. The van der Waals surface area contributed by atoms with Crippen molar-refractivity contribution in [2.24, 2.45) is 4.99 Å². The number of hydrogen-bond donors (Lipinski definition) is 0. The van der Waals surface area contributed by atoms with Crippen LogP contribution in [0.3, 0.4) is 0 Å². The van der Waals surface area contributed by atoms with Gasteiger partial charge in [0.2, 0.25) is 5.13 Å². The fourth-order valence-electron chi connectivity index (χ4n) is 0.619. The zero-order chi connectivity index (χ0) is 8.43. The predicted molar refractivity (Wildman–Crippen MR) is 48.7 cm³/mol. The Morgan fingerprint density at radius 2 is 2.36 bits per heavy atom. The third-order valence-corrected chi connectivity index (χ3v) is 2.65. The monoisotopic (exact) mass is 207 g/mol. The lowest BCUT2D eigenvalue weighted by Gasteiger charge is -1.84. The van der Waals surface area contributed by atoms with Crippen LogP contribution < -0.4 is 0 Å². The van der Waals surface area contributed by atoms with Gasteiger partial charge in [0.25, 0.3) is 0 Å². The average molecular weight is 208 g/mol. The Balaban J connectivity index is 3.33. The molecule has 0 atom stereocenters. The summed E-state index contributed by atoms with van der Waals surface area (Å²) in [4.78, 5) is 4.20. The molecule has 0 N–H and O–H groups in total. The van der Waals surface area contributed by atoms with Crippen LogP contribution in [0.5, 0.6) is 0 Å². The molecule has 0 fully saturated rings. The van der Waals surface area contributed by atoms with Crippen LogP contribution >= 0.6 is 35.2 Å². The van der Waals surface area contributed by atoms with Crippen LogP contribution in [0.25, 0.3) is 0 Å². The first-order valence-electron chi connectivity index (χ1n) is 2.69. The first kappa shape index (κ1) is 8.81. The summed E-state index contributed by atoms with van der Waals surface area (Å²) in [6.07, 6.45) is 0. The van der Waals surface area contributed by atoms with Crippen molar-refractivity contribution < 1.29 is 4.39 Å². The molecule has 58 valence electrons. The minimum absolute atomic E-state index is 0.101. The minimum Gasteiger partial charge on any atom is -0.193 e. The van der Waals surface area contributed by atoms with Crippen molar-refractivity contribution >= 4 is 46.0 Å². The number of thiophene rings is 1. The molecule has 1 rings (SSSR count). The lowest BCUT2D eigenvalue weighted by Crippen LogP contribution is -1.62. The van der Waals surface area contributed by atoms with E-state index in [0.717, 1.165) is 11.3 Å². The molecule has 1 nitrogen and oxygen atoms in total. The Labute approximate surface area is 77.5 Å². The van der Waals surface area contributed by atoms with Crippen LogP contribution in [0.1, 0.15) is 4.88 Å². The molecule has 0 radical (unpaired) electrons. The molecule has 0 aromatic carbocycles. The second kappa shape index (κ2) is 3.41. The van der Waals surface area contributed by atoms with E-state index < -0.39 is 5.13 Å². The number of isothiocyanates is 1. The van der Waals surface area contributed by atoms with Crippen molar-refractivity contribution in [2.75, 3.05) is 0 Å². The second-order valence-corrected chi connectivity index (χ2v) is 3.53. The normalized spacial score (nSPS) is 9.36. The van der Waals surface area contributed by atoms with E-state index in [1.165, 1.54) is 0 Å². The molecule has 0 unspecified atom stereocenters. The van der Waals surface area contributed by atoms with Gasteiger partial charge in [-0.3, -0.25) is 0 Å². The number of aryl methyl sites for hydroxylation is 1. The summed E-state index contributed by atoms with van der Waals surface area (Å²) in [5.41, 5.74) is 0.101. The third-order valence-electron chi connectivity index (χ3n) is 1.10. The maximum atomic E-state index is 12.8. The smallest absolute Gasteiger partial charge is 0.193 e. The Bertz CT molecular complexity index is 328. The standard InChI is InChI=1S/C6H3ClFNS2/c1-3-4(7)5(9-2-10)6(8)11-3/h1H3. The van der Waals surface area contributed by atoms with Crippen molar-refractivity contribution in [3.63, 3.8) is 0 Å². The van der Waals surface area contributed by atoms with E-state index in [9.17, 15) is 4.39 Å². The molecule has 0 aliphatic rings. The summed E-state index contributed by atoms with van der Waals surface area (Å²) in [6.45, 7) is 1.72. The van der Waals surface area contributed by atoms with Crippen molar-refractivity contribution in [1.29, 1.82) is 0 Å². The molecule has 0 aliphatic carbocycles. The fraction of sp³-hybridized carbons (Fsp3) is 0.167. The van der Waals surface area contributed by atoms with Crippen LogP contribution in [-0.4, -0.2) is 5.16 Å². The highest BCUT2D eigenvalue weighted by atomic mass is 35.5. The SMILES string of the molecule is Cc1sc(F)c(N=C=S)c1Cl. The fourth-order valence-corrected chi connectivity index (χ4v) is 1.71. The molecule has 0 bridgehead atoms. The first-order valence-corrected chi connectivity index (χ1v) is 4.29. The van der Waals surface area contributed by atoms with E-state index in [1.807, 2.05) is 0 Å². The summed E-state index contributed by atoms with van der Waals surface area (Å²) < 4.78 is 12.8. The number of rotatable bonds is 1. The van der Waals surface area contributed by atoms with Gasteiger partial charge in [0.05, 0.1) is 10.2 Å². The average Bonchev–Trinajstić information content (AvgIpc) is 2.17. The molecular weight excluding hydrogens is 205 g/mol. The Kier molecular flexibility index (Phi) is 2.73. The zero-order valence-corrected chi connectivity index (χ0v) is 7.91. The molecule has 1 aromatic heterocycles. The van der Waals surface area contributed by atoms with E-state index in [1.54, 1.807) is 6.92 Å². The van der Waals surface area contributed by atoms with Crippen molar-refractivity contribution in [2.45, 2.75) is 6.92 Å². The van der Waals surface area contributed by atoms with Crippen molar-refractivity contribution in [3.8, 4) is 0 Å². The number of aliphatic imine (C=N–C) groups is 1. The summed E-state index contributed by atoms with van der Waals surface area (Å²) in [5.74, 6) is 0. The molecule has 0 spiro atoms. The van der Waals surface area contributed by atoms with Crippen LogP contribution in [0, 0.1) is 12.1 Å². The molecule has 0 amide bonds. The summed E-state index contributed by atoms with van der Waals surface area (Å²) in [7, 11) is 0. The molecule has 11 heavy (non-hydrogen) atoms. The number of thiocarbonyl (C=S) groups is 1. The van der Waals surface area contributed by atoms with Crippen LogP contribution in [0.15, 0.2) is 4.99 Å². The van der Waals surface area contributed by atoms with Gasteiger partial charge >= 0.3 is 0 Å². The molecule has 5 heteroatoms. The van der Waals surface area contributed by atoms with Gasteiger partial charge < -0.3 is 0 Å². The highest BCUT2D eigenvalue weighted by molar-refractivity contribution is 7.78. The highest BCUT2D eigenvalue weighted by Crippen LogP contribution is 2.37. The highest BCUT2D eigenvalue weighted by Gasteiger charge is 2.12. The van der Waals surface area contributed by atoms with Gasteiger partial charge in [-0.2, -0.15) is 9.38 Å². The van der Waals surface area contributed by atoms with Gasteiger partial charge in [-0.05, 0) is 19.1 Å². The molecule has 1 heterocycles. The maximum Gasteiger partial charge on any atom is 0.204 e. The summed E-state index contributed by atoms with van der Waals surface area (Å²) in [5, 5.41) is 1.98. The lowest BCUT2D eigenvalue weighted by atomic mass is 10.4. The predicted octanol–water partition coefficient (Wildman–Crippen LogP) is 3.58. The number of hydrogen-bond acceptors (Lipinski definition) is 3. The maximum absolute atomic E-state index is 12.8. The molecule has 0 aliphatic heterocycles. The van der Waals surface area contributed by atoms with Gasteiger partial charge in [-0.15, -0.1) is 11.3 Å². The quantitative estimate of drug-likeness (QED) is 0.507. The van der Waals surface area contributed by atoms with Crippen molar-refractivity contribution in [1.82, 2.24) is 0 Å². The summed E-state index contributed by atoms with van der Waals surface area (Å²) in [6, 6.07) is 0. The van der Waals surface area contributed by atoms with E-state index in [2.05, 4.69) is 22.4 Å². The van der Waals surface area contributed by atoms with Gasteiger partial charge in [0, 0.05) is 4.88 Å². The van der Waals surface area contributed by atoms with Crippen LogP contribution in [0.4, 0.5) is 10.1 Å². The van der Waals surface area contributed by atoms with Gasteiger partial charge in [0.1, 0.15) is 5.69 Å². The Morgan fingerprint density at radius 3 is 2.73 bits per heavy atom. The van der Waals surface area contributed by atoms with E-state index in [0.29, 0.717) is 9.90 Å². The first-order chi connectivity index (χ1) is 5.16. The van der Waals surface area contributed by atoms with E-state index in [-0.39, 0.29) is 5.69 Å². The molecular formula is C6H3ClFNS2. The van der Waals surface area contributed by atoms with E-state index in [4.69, 9.17) is 11.6 Å². The molecule has 1 aromatic rings. The van der Waals surface area contributed by atoms with Crippen LogP contribution in [0.2, 0.25) is 5.02 Å². The topological polar surface area (TPSA) is 12.4 Å². The van der Waals surface area contributed by atoms with Gasteiger partial charge in [-0.1, -0.05) is 11.6 Å². The number of halogens is 2. The van der Waals surface area contributed by atoms with Crippen molar-refractivity contribution in [3.05, 3.63) is 15.0 Å². The zero-order valence-electron chi connectivity index (χ0n) is 5.52. The second-order valence-electron chi connectivity index (χ2n) is 1.80. The third kappa shape index (κ3) is 1.65. The van der Waals surface area contributed by atoms with Gasteiger partial charge in [-0.25, -0.2) is 0 Å². The number of nitrogens with zero attached hydrogens (tertiary/aromatic N) is 1. The molecule has 0 saturated carbocycles. The Morgan fingerprint density at radius 1 is 1.73 bits per heavy atom.